The van der Waals surface area contributed by atoms with Crippen LogP contribution in [0.15, 0.2) is 30.5 Å². The Morgan fingerprint density at radius 1 is 1.42 bits per heavy atom. The van der Waals surface area contributed by atoms with Crippen LogP contribution in [0.5, 0.6) is 0 Å². The number of ether oxygens (including phenoxy) is 2. The molecule has 0 aliphatic carbocycles. The van der Waals surface area contributed by atoms with Crippen LogP contribution in [0.2, 0.25) is 5.02 Å². The number of nitro benzene ring substituents is 1. The lowest BCUT2D eigenvalue weighted by molar-refractivity contribution is -0.384. The van der Waals surface area contributed by atoms with Gasteiger partial charge in [-0.15, -0.1) is 0 Å². The summed E-state index contributed by atoms with van der Waals surface area (Å²) in [6, 6.07) is 3.31. The summed E-state index contributed by atoms with van der Waals surface area (Å²) >= 11 is 5.72. The molecule has 0 saturated carbocycles. The Morgan fingerprint density at radius 3 is 2.63 bits per heavy atom. The molecule has 0 unspecified atom stereocenters. The second-order valence-corrected chi connectivity index (χ2v) is 3.56. The highest BCUT2D eigenvalue weighted by Crippen LogP contribution is 2.23. The summed E-state index contributed by atoms with van der Waals surface area (Å²) in [6.45, 7) is 0. The number of benzene rings is 1. The standard InChI is InChI=1S/C11H8ClNO6/c1-18-10(14)4-5-19-11(15)8-3-2-7(13(16)17)6-9(8)12/h2-6H,1H3/b5-4+. The molecular formula is C11H8ClNO6. The molecule has 0 N–H and O–H groups in total. The van der Waals surface area contributed by atoms with E-state index in [-0.39, 0.29) is 16.3 Å². The second kappa shape index (κ2) is 6.50. The van der Waals surface area contributed by atoms with Crippen LogP contribution in [0.25, 0.3) is 0 Å². The number of hydrogen-bond acceptors (Lipinski definition) is 6. The highest BCUT2D eigenvalue weighted by molar-refractivity contribution is 6.33. The SMILES string of the molecule is COC(=O)/C=C/OC(=O)c1ccc([N+](=O)[O-])cc1Cl. The Kier molecular flexibility index (Phi) is 5.01. The Morgan fingerprint density at radius 2 is 2.11 bits per heavy atom. The lowest BCUT2D eigenvalue weighted by atomic mass is 10.2. The number of carbonyl (C=O) groups excluding carboxylic acids is 2. The Hall–Kier alpha value is -2.41. The van der Waals surface area contributed by atoms with E-state index in [1.807, 2.05) is 0 Å². The number of rotatable bonds is 4. The van der Waals surface area contributed by atoms with Gasteiger partial charge < -0.3 is 9.47 Å². The predicted octanol–water partition coefficient (Wildman–Crippen LogP) is 2.09. The minimum absolute atomic E-state index is 0.0539. The van der Waals surface area contributed by atoms with Gasteiger partial charge in [0.1, 0.15) is 6.26 Å². The molecule has 0 fully saturated rings. The molecule has 0 heterocycles. The normalized spacial score (nSPS) is 10.2. The summed E-state index contributed by atoms with van der Waals surface area (Å²) in [5.41, 5.74) is -0.298. The van der Waals surface area contributed by atoms with Crippen molar-refractivity contribution >= 4 is 29.2 Å². The predicted molar refractivity (Wildman–Crippen MR) is 64.7 cm³/mol. The lowest BCUT2D eigenvalue weighted by Crippen LogP contribution is -2.03. The van der Waals surface area contributed by atoms with Crippen molar-refractivity contribution in [2.75, 3.05) is 7.11 Å². The van der Waals surface area contributed by atoms with Gasteiger partial charge in [-0.2, -0.15) is 0 Å². The zero-order valence-corrected chi connectivity index (χ0v) is 10.4. The lowest BCUT2D eigenvalue weighted by Gasteiger charge is -2.01. The number of nitrogens with zero attached hydrogens (tertiary/aromatic N) is 1. The number of carbonyl (C=O) groups is 2. The van der Waals surface area contributed by atoms with E-state index in [1.165, 1.54) is 7.11 Å². The molecule has 0 aliphatic rings. The first-order valence-corrected chi connectivity index (χ1v) is 5.23. The topological polar surface area (TPSA) is 95.7 Å². The quantitative estimate of drug-likeness (QED) is 0.276. The minimum atomic E-state index is -0.847. The van der Waals surface area contributed by atoms with Crippen LogP contribution in [0.4, 0.5) is 5.69 Å². The van der Waals surface area contributed by atoms with Crippen molar-refractivity contribution in [3.05, 3.63) is 51.2 Å². The number of non-ortho nitro benzene ring substituents is 1. The third-order valence-corrected chi connectivity index (χ3v) is 2.28. The first kappa shape index (κ1) is 14.7. The molecule has 8 heteroatoms. The first-order chi connectivity index (χ1) is 8.95. The molecule has 0 aromatic heterocycles. The zero-order valence-electron chi connectivity index (χ0n) is 9.66. The van der Waals surface area contributed by atoms with Crippen molar-refractivity contribution in [2.24, 2.45) is 0 Å². The smallest absolute Gasteiger partial charge is 0.344 e. The van der Waals surface area contributed by atoms with Gasteiger partial charge in [-0.3, -0.25) is 10.1 Å². The summed E-state index contributed by atoms with van der Waals surface area (Å²) < 4.78 is 8.89. The Labute approximate surface area is 112 Å². The molecule has 1 aromatic carbocycles. The number of methoxy groups -OCH3 is 1. The monoisotopic (exact) mass is 285 g/mol. The molecule has 0 bridgehead atoms. The molecule has 0 atom stereocenters. The van der Waals surface area contributed by atoms with Crippen LogP contribution in [-0.4, -0.2) is 24.0 Å². The third kappa shape index (κ3) is 4.07. The number of esters is 2. The number of nitro groups is 1. The van der Waals surface area contributed by atoms with E-state index >= 15 is 0 Å². The Balaban J connectivity index is 2.81. The largest absolute Gasteiger partial charge is 0.466 e. The fourth-order valence-electron chi connectivity index (χ4n) is 1.07. The molecule has 1 aromatic rings. The molecule has 7 nitrogen and oxygen atoms in total. The molecule has 0 radical (unpaired) electrons. The van der Waals surface area contributed by atoms with Crippen LogP contribution < -0.4 is 0 Å². The van der Waals surface area contributed by atoms with Gasteiger partial charge in [0, 0.05) is 12.1 Å². The maximum absolute atomic E-state index is 11.5. The van der Waals surface area contributed by atoms with E-state index in [4.69, 9.17) is 11.6 Å². The zero-order chi connectivity index (χ0) is 14.4. The molecule has 0 aliphatic heterocycles. The van der Waals surface area contributed by atoms with E-state index in [1.54, 1.807) is 0 Å². The third-order valence-electron chi connectivity index (χ3n) is 1.96. The molecule has 0 saturated heterocycles. The first-order valence-electron chi connectivity index (χ1n) is 4.85. The summed E-state index contributed by atoms with van der Waals surface area (Å²) in [5.74, 6) is -1.54. The van der Waals surface area contributed by atoms with Gasteiger partial charge in [0.05, 0.1) is 28.7 Å². The van der Waals surface area contributed by atoms with Crippen molar-refractivity contribution in [2.45, 2.75) is 0 Å². The summed E-state index contributed by atoms with van der Waals surface area (Å²) in [6.07, 6.45) is 1.74. The molecule has 19 heavy (non-hydrogen) atoms. The van der Waals surface area contributed by atoms with E-state index in [0.717, 1.165) is 30.5 Å². The molecule has 100 valence electrons. The highest BCUT2D eigenvalue weighted by Gasteiger charge is 2.15. The van der Waals surface area contributed by atoms with Crippen molar-refractivity contribution in [3.8, 4) is 0 Å². The average Bonchev–Trinajstić information content (AvgIpc) is 2.37. The van der Waals surface area contributed by atoms with E-state index in [9.17, 15) is 19.7 Å². The van der Waals surface area contributed by atoms with Gasteiger partial charge in [0.25, 0.3) is 5.69 Å². The molecule has 0 amide bonds. The van der Waals surface area contributed by atoms with Crippen LogP contribution in [0.3, 0.4) is 0 Å². The van der Waals surface area contributed by atoms with Gasteiger partial charge in [0.2, 0.25) is 0 Å². The van der Waals surface area contributed by atoms with Crippen molar-refractivity contribution < 1.29 is 24.0 Å². The van der Waals surface area contributed by atoms with Gasteiger partial charge in [-0.05, 0) is 6.07 Å². The van der Waals surface area contributed by atoms with Crippen molar-refractivity contribution in [1.29, 1.82) is 0 Å². The van der Waals surface area contributed by atoms with E-state index < -0.39 is 16.9 Å². The Bertz CT molecular complexity index is 554. The summed E-state index contributed by atoms with van der Waals surface area (Å²) in [7, 11) is 1.17. The maximum Gasteiger partial charge on any atom is 0.344 e. The van der Waals surface area contributed by atoms with Gasteiger partial charge in [-0.1, -0.05) is 11.6 Å². The van der Waals surface area contributed by atoms with Crippen molar-refractivity contribution in [3.63, 3.8) is 0 Å². The van der Waals surface area contributed by atoms with Crippen LogP contribution in [0.1, 0.15) is 10.4 Å². The molecular weight excluding hydrogens is 278 g/mol. The van der Waals surface area contributed by atoms with Crippen LogP contribution >= 0.6 is 11.6 Å². The van der Waals surface area contributed by atoms with E-state index in [0.29, 0.717) is 0 Å². The average molecular weight is 286 g/mol. The van der Waals surface area contributed by atoms with Crippen LogP contribution in [0, 0.1) is 10.1 Å². The highest BCUT2D eigenvalue weighted by atomic mass is 35.5. The van der Waals surface area contributed by atoms with Gasteiger partial charge in [-0.25, -0.2) is 9.59 Å². The number of halogens is 1. The second-order valence-electron chi connectivity index (χ2n) is 3.15. The van der Waals surface area contributed by atoms with Gasteiger partial charge >= 0.3 is 11.9 Å². The maximum atomic E-state index is 11.5. The molecule has 1 rings (SSSR count). The summed E-state index contributed by atoms with van der Waals surface area (Å²) in [4.78, 5) is 32.1. The van der Waals surface area contributed by atoms with Gasteiger partial charge in [0.15, 0.2) is 0 Å². The summed E-state index contributed by atoms with van der Waals surface area (Å²) in [5, 5.41) is 10.4. The minimum Gasteiger partial charge on any atom is -0.466 e. The van der Waals surface area contributed by atoms with E-state index in [2.05, 4.69) is 9.47 Å². The van der Waals surface area contributed by atoms with Crippen molar-refractivity contribution in [1.82, 2.24) is 0 Å². The number of hydrogen-bond donors (Lipinski definition) is 0. The van der Waals surface area contributed by atoms with Crippen LogP contribution in [-0.2, 0) is 14.3 Å². The molecule has 0 spiro atoms. The fourth-order valence-corrected chi connectivity index (χ4v) is 1.32. The fraction of sp³-hybridized carbons (Fsp3) is 0.0909.